The number of amides is 1. The molecule has 4 nitrogen and oxygen atoms in total. The van der Waals surface area contributed by atoms with Gasteiger partial charge in [0.1, 0.15) is 0 Å². The smallest absolute Gasteiger partial charge is 0.391 e. The molecule has 0 aliphatic heterocycles. The lowest BCUT2D eigenvalue weighted by molar-refractivity contribution is -0.137. The summed E-state index contributed by atoms with van der Waals surface area (Å²) in [6.07, 6.45) is -5.11. The maximum Gasteiger partial charge on any atom is 0.418 e. The summed E-state index contributed by atoms with van der Waals surface area (Å²) in [5, 5.41) is 15.3. The minimum atomic E-state index is -4.52. The Kier molecular flexibility index (Phi) is 6.80. The normalized spacial score (nSPS) is 15.0. The van der Waals surface area contributed by atoms with Gasteiger partial charge in [-0.05, 0) is 24.5 Å². The third kappa shape index (κ3) is 6.49. The van der Waals surface area contributed by atoms with Gasteiger partial charge in [0, 0.05) is 19.0 Å². The summed E-state index contributed by atoms with van der Waals surface area (Å²) in [5.41, 5.74) is -1.42. The van der Waals surface area contributed by atoms with Crippen LogP contribution in [-0.4, -0.2) is 29.7 Å². The topological polar surface area (TPSA) is 61.4 Å². The molecule has 0 radical (unpaired) electrons. The minimum absolute atomic E-state index is 0.00303. The maximum absolute atomic E-state index is 12.9. The zero-order valence-corrected chi connectivity index (χ0v) is 14.4. The van der Waals surface area contributed by atoms with Gasteiger partial charge in [-0.3, -0.25) is 4.79 Å². The van der Waals surface area contributed by atoms with Crippen LogP contribution in [0.4, 0.5) is 18.9 Å². The lowest BCUT2D eigenvalue weighted by Gasteiger charge is -2.27. The average molecular weight is 346 g/mol. The standard InChI is InChI=1S/C17H25F3N2O2/c1-11(21-10-14(23)16(2,3)4)9-15(24)22-13-8-6-5-7-12(13)17(18,19)20/h5-8,11,14,21,23H,9-10H2,1-4H3,(H,22,24). The summed E-state index contributed by atoms with van der Waals surface area (Å²) < 4.78 is 38.7. The summed E-state index contributed by atoms with van der Waals surface area (Å²) in [6, 6.07) is 4.59. The van der Waals surface area contributed by atoms with Crippen molar-refractivity contribution in [2.24, 2.45) is 5.41 Å². The lowest BCUT2D eigenvalue weighted by atomic mass is 9.89. The van der Waals surface area contributed by atoms with Gasteiger partial charge in [-0.1, -0.05) is 32.9 Å². The van der Waals surface area contributed by atoms with E-state index in [9.17, 15) is 23.1 Å². The van der Waals surface area contributed by atoms with Gasteiger partial charge >= 0.3 is 6.18 Å². The van der Waals surface area contributed by atoms with Crippen LogP contribution in [0.1, 0.15) is 39.7 Å². The molecule has 136 valence electrons. The summed E-state index contributed by atoms with van der Waals surface area (Å²) in [5.74, 6) is -0.517. The number of rotatable bonds is 6. The fourth-order valence-corrected chi connectivity index (χ4v) is 2.01. The highest BCUT2D eigenvalue weighted by molar-refractivity contribution is 5.92. The second-order valence-corrected chi connectivity index (χ2v) is 6.99. The molecule has 2 unspecified atom stereocenters. The molecular formula is C17H25F3N2O2. The van der Waals surface area contributed by atoms with Crippen LogP contribution >= 0.6 is 0 Å². The summed E-state index contributed by atoms with van der Waals surface area (Å²) >= 11 is 0. The number of hydrogen-bond donors (Lipinski definition) is 3. The monoisotopic (exact) mass is 346 g/mol. The van der Waals surface area contributed by atoms with E-state index in [-0.39, 0.29) is 23.6 Å². The fraction of sp³-hybridized carbons (Fsp3) is 0.588. The van der Waals surface area contributed by atoms with Crippen molar-refractivity contribution in [3.05, 3.63) is 29.8 Å². The highest BCUT2D eigenvalue weighted by atomic mass is 19.4. The van der Waals surface area contributed by atoms with Crippen LogP contribution in [0, 0.1) is 5.41 Å². The van der Waals surface area contributed by atoms with Gasteiger partial charge in [0.2, 0.25) is 5.91 Å². The van der Waals surface area contributed by atoms with Crippen molar-refractivity contribution in [3.8, 4) is 0 Å². The number of carbonyl (C=O) groups is 1. The van der Waals surface area contributed by atoms with Crippen molar-refractivity contribution in [1.82, 2.24) is 5.32 Å². The van der Waals surface area contributed by atoms with Crippen LogP contribution in [0.3, 0.4) is 0 Å². The molecule has 0 spiro atoms. The molecule has 0 bridgehead atoms. The molecule has 1 rings (SSSR count). The number of aliphatic hydroxyl groups is 1. The van der Waals surface area contributed by atoms with E-state index in [1.165, 1.54) is 18.2 Å². The number of anilines is 1. The highest BCUT2D eigenvalue weighted by Gasteiger charge is 2.33. The molecule has 2 atom stereocenters. The second-order valence-electron chi connectivity index (χ2n) is 6.99. The van der Waals surface area contributed by atoms with Gasteiger partial charge in [-0.2, -0.15) is 13.2 Å². The molecule has 1 aromatic carbocycles. The van der Waals surface area contributed by atoms with Gasteiger partial charge in [0.15, 0.2) is 0 Å². The van der Waals surface area contributed by atoms with Crippen LogP contribution in [0.25, 0.3) is 0 Å². The highest BCUT2D eigenvalue weighted by Crippen LogP contribution is 2.34. The van der Waals surface area contributed by atoms with Crippen LogP contribution in [0.15, 0.2) is 24.3 Å². The number of hydrogen-bond acceptors (Lipinski definition) is 3. The zero-order chi connectivity index (χ0) is 18.5. The fourth-order valence-electron chi connectivity index (χ4n) is 2.01. The molecule has 7 heteroatoms. The Bertz CT molecular complexity index is 554. The molecule has 0 aromatic heterocycles. The van der Waals surface area contributed by atoms with E-state index < -0.39 is 23.8 Å². The van der Waals surface area contributed by atoms with Crippen LogP contribution in [0.5, 0.6) is 0 Å². The third-order valence-corrected chi connectivity index (χ3v) is 3.66. The van der Waals surface area contributed by atoms with Gasteiger partial charge in [-0.25, -0.2) is 0 Å². The molecule has 0 aliphatic carbocycles. The van der Waals surface area contributed by atoms with Gasteiger partial charge < -0.3 is 15.7 Å². The van der Waals surface area contributed by atoms with E-state index in [1.807, 2.05) is 20.8 Å². The number of halogens is 3. The van der Waals surface area contributed by atoms with Gasteiger partial charge in [0.25, 0.3) is 0 Å². The Morgan fingerprint density at radius 1 is 1.21 bits per heavy atom. The summed E-state index contributed by atoms with van der Waals surface area (Å²) in [4.78, 5) is 12.0. The lowest BCUT2D eigenvalue weighted by Crippen LogP contribution is -2.41. The molecule has 1 amide bonds. The number of carbonyl (C=O) groups excluding carboxylic acids is 1. The number of aliphatic hydroxyl groups excluding tert-OH is 1. The summed E-state index contributed by atoms with van der Waals surface area (Å²) in [7, 11) is 0. The Balaban J connectivity index is 2.58. The molecule has 24 heavy (non-hydrogen) atoms. The first-order chi connectivity index (χ1) is 10.9. The third-order valence-electron chi connectivity index (χ3n) is 3.66. The number of alkyl halides is 3. The van der Waals surface area contributed by atoms with Crippen molar-refractivity contribution in [2.45, 2.75) is 52.4 Å². The van der Waals surface area contributed by atoms with E-state index >= 15 is 0 Å². The Morgan fingerprint density at radius 2 is 1.79 bits per heavy atom. The molecule has 1 aromatic rings. The molecule has 0 saturated heterocycles. The van der Waals surface area contributed by atoms with Crippen molar-refractivity contribution in [2.75, 3.05) is 11.9 Å². The van der Waals surface area contributed by atoms with Crippen LogP contribution in [-0.2, 0) is 11.0 Å². The molecule has 0 fully saturated rings. The Hall–Kier alpha value is -1.60. The van der Waals surface area contributed by atoms with Crippen molar-refractivity contribution in [3.63, 3.8) is 0 Å². The first-order valence-electron chi connectivity index (χ1n) is 7.78. The van der Waals surface area contributed by atoms with Crippen molar-refractivity contribution >= 4 is 11.6 Å². The quantitative estimate of drug-likeness (QED) is 0.740. The van der Waals surface area contributed by atoms with Gasteiger partial charge in [-0.15, -0.1) is 0 Å². The number of nitrogens with one attached hydrogen (secondary N) is 2. The summed E-state index contributed by atoms with van der Waals surface area (Å²) in [6.45, 7) is 7.72. The SMILES string of the molecule is CC(CC(=O)Nc1ccccc1C(F)(F)F)NCC(O)C(C)(C)C. The second kappa shape index (κ2) is 7.98. The zero-order valence-electron chi connectivity index (χ0n) is 14.4. The average Bonchev–Trinajstić information content (AvgIpc) is 2.42. The van der Waals surface area contributed by atoms with E-state index in [2.05, 4.69) is 10.6 Å². The first kappa shape index (κ1) is 20.4. The first-order valence-corrected chi connectivity index (χ1v) is 7.78. The molecule has 0 aliphatic rings. The van der Waals surface area contributed by atoms with Crippen LogP contribution in [0.2, 0.25) is 0 Å². The van der Waals surface area contributed by atoms with E-state index in [0.717, 1.165) is 6.07 Å². The van der Waals surface area contributed by atoms with E-state index in [4.69, 9.17) is 0 Å². The number of benzene rings is 1. The Morgan fingerprint density at radius 3 is 2.33 bits per heavy atom. The molecule has 0 saturated carbocycles. The predicted octanol–water partition coefficient (Wildman–Crippen LogP) is 3.42. The van der Waals surface area contributed by atoms with Crippen molar-refractivity contribution in [1.29, 1.82) is 0 Å². The molecular weight excluding hydrogens is 321 g/mol. The van der Waals surface area contributed by atoms with E-state index in [0.29, 0.717) is 6.54 Å². The van der Waals surface area contributed by atoms with E-state index in [1.54, 1.807) is 6.92 Å². The predicted molar refractivity (Wildman–Crippen MR) is 87.6 cm³/mol. The number of para-hydroxylation sites is 1. The van der Waals surface area contributed by atoms with Crippen molar-refractivity contribution < 1.29 is 23.1 Å². The molecule has 3 N–H and O–H groups in total. The Labute approximate surface area is 140 Å². The largest absolute Gasteiger partial charge is 0.418 e. The van der Waals surface area contributed by atoms with Crippen LogP contribution < -0.4 is 10.6 Å². The van der Waals surface area contributed by atoms with Gasteiger partial charge in [0.05, 0.1) is 17.4 Å². The minimum Gasteiger partial charge on any atom is -0.391 e. The molecule has 0 heterocycles. The maximum atomic E-state index is 12.9.